The molecule has 0 spiro atoms. The van der Waals surface area contributed by atoms with Crippen molar-refractivity contribution in [2.75, 3.05) is 6.54 Å². The van der Waals surface area contributed by atoms with E-state index in [1.807, 2.05) is 20.8 Å². The Bertz CT molecular complexity index is 492. The van der Waals surface area contributed by atoms with E-state index in [4.69, 9.17) is 4.74 Å². The lowest BCUT2D eigenvalue weighted by Crippen LogP contribution is -2.32. The van der Waals surface area contributed by atoms with Gasteiger partial charge in [-0.25, -0.2) is 4.79 Å². The number of aryl methyl sites for hydroxylation is 2. The first-order chi connectivity index (χ1) is 10.2. The number of nitrogens with one attached hydrogen (secondary N) is 1. The van der Waals surface area contributed by atoms with Gasteiger partial charge >= 0.3 is 6.09 Å². The van der Waals surface area contributed by atoms with E-state index in [0.29, 0.717) is 6.54 Å². The van der Waals surface area contributed by atoms with Gasteiger partial charge < -0.3 is 10.1 Å². The Balaban J connectivity index is 2.09. The number of carbonyl (C=O) groups excluding carboxylic acids is 1. The van der Waals surface area contributed by atoms with E-state index in [2.05, 4.69) is 36.8 Å². The van der Waals surface area contributed by atoms with Gasteiger partial charge in [0.05, 0.1) is 5.69 Å². The van der Waals surface area contributed by atoms with Crippen LogP contribution >= 0.6 is 0 Å². The summed E-state index contributed by atoms with van der Waals surface area (Å²) in [4.78, 5) is 11.5. The fourth-order valence-electron chi connectivity index (χ4n) is 2.25. The zero-order valence-electron chi connectivity index (χ0n) is 15.0. The van der Waals surface area contributed by atoms with Crippen LogP contribution in [0.2, 0.25) is 0 Å². The Morgan fingerprint density at radius 2 is 1.86 bits per heavy atom. The summed E-state index contributed by atoms with van der Waals surface area (Å²) in [5, 5.41) is 7.33. The third-order valence-electron chi connectivity index (χ3n) is 3.71. The molecule has 1 amide bonds. The molecule has 124 valence electrons. The quantitative estimate of drug-likeness (QED) is 0.618. The highest BCUT2D eigenvalue weighted by Crippen LogP contribution is 2.07. The van der Waals surface area contributed by atoms with Crippen LogP contribution in [0, 0.1) is 13.8 Å². The molecule has 1 heterocycles. The van der Waals surface area contributed by atoms with E-state index in [1.165, 1.54) is 11.2 Å². The molecule has 0 radical (unpaired) electrons. The van der Waals surface area contributed by atoms with Crippen LogP contribution in [0.5, 0.6) is 0 Å². The molecule has 0 bridgehead atoms. The summed E-state index contributed by atoms with van der Waals surface area (Å²) in [6, 6.07) is 0. The van der Waals surface area contributed by atoms with Crippen LogP contribution in [0.1, 0.15) is 57.8 Å². The van der Waals surface area contributed by atoms with Crippen LogP contribution in [0.25, 0.3) is 0 Å². The number of aromatic nitrogens is 2. The summed E-state index contributed by atoms with van der Waals surface area (Å²) >= 11 is 0. The average molecular weight is 307 g/mol. The van der Waals surface area contributed by atoms with Gasteiger partial charge in [0.2, 0.25) is 0 Å². The van der Waals surface area contributed by atoms with E-state index in [1.54, 1.807) is 0 Å². The lowest BCUT2D eigenvalue weighted by Gasteiger charge is -2.19. The van der Waals surface area contributed by atoms with E-state index in [9.17, 15) is 4.79 Å². The van der Waals surface area contributed by atoms with Gasteiger partial charge in [-0.15, -0.1) is 0 Å². The van der Waals surface area contributed by atoms with E-state index < -0.39 is 5.60 Å². The van der Waals surface area contributed by atoms with Crippen LogP contribution in [-0.4, -0.2) is 35.9 Å². The second kappa shape index (κ2) is 8.25. The van der Waals surface area contributed by atoms with E-state index in [0.717, 1.165) is 37.9 Å². The molecule has 0 aliphatic rings. The first-order valence-corrected chi connectivity index (χ1v) is 8.18. The predicted molar refractivity (Wildman–Crippen MR) is 92.6 cm³/mol. The Hall–Kier alpha value is -1.46. The smallest absolute Gasteiger partial charge is 0.407 e. The lowest BCUT2D eigenvalue weighted by molar-refractivity contribution is 0.0527. The minimum absolute atomic E-state index is 0.328. The SMILES string of the molecule is Bc1c(C)nn(CCCCCCNC(=O)OC(C)(C)C)c1C. The highest BCUT2D eigenvalue weighted by Gasteiger charge is 2.15. The molecule has 0 unspecified atom stereocenters. The maximum atomic E-state index is 11.5. The zero-order chi connectivity index (χ0) is 16.8. The standard InChI is InChI=1S/C16H30BN3O2/c1-12-14(17)13(2)20(19-12)11-9-7-6-8-10-18-15(21)22-16(3,4)5/h6-11,17H2,1-5H3,(H,18,21). The topological polar surface area (TPSA) is 56.2 Å². The van der Waals surface area contributed by atoms with Crippen LogP contribution in [0.4, 0.5) is 4.79 Å². The molecule has 0 saturated carbocycles. The predicted octanol–water partition coefficient (Wildman–Crippen LogP) is 1.84. The molecule has 0 aromatic carbocycles. The van der Waals surface area contributed by atoms with Crippen molar-refractivity contribution < 1.29 is 9.53 Å². The molecule has 22 heavy (non-hydrogen) atoms. The summed E-state index contributed by atoms with van der Waals surface area (Å²) in [5.74, 6) is 0. The molecule has 0 atom stereocenters. The Kier molecular flexibility index (Phi) is 6.97. The van der Waals surface area contributed by atoms with Crippen LogP contribution in [0.15, 0.2) is 0 Å². The van der Waals surface area contributed by atoms with Gasteiger partial charge in [0, 0.05) is 18.8 Å². The van der Waals surface area contributed by atoms with E-state index >= 15 is 0 Å². The number of unbranched alkanes of at least 4 members (excludes halogenated alkanes) is 3. The highest BCUT2D eigenvalue weighted by atomic mass is 16.6. The van der Waals surface area contributed by atoms with Crippen LogP contribution < -0.4 is 10.8 Å². The monoisotopic (exact) mass is 307 g/mol. The summed E-state index contributed by atoms with van der Waals surface area (Å²) in [6.07, 6.45) is 4.02. The number of alkyl carbamates (subject to hydrolysis) is 1. The van der Waals surface area contributed by atoms with Gasteiger partial charge in [-0.05, 0) is 52.9 Å². The number of ether oxygens (including phenoxy) is 1. The number of hydrogen-bond donors (Lipinski definition) is 1. The van der Waals surface area contributed by atoms with Crippen molar-refractivity contribution in [3.8, 4) is 0 Å². The second-order valence-corrected chi connectivity index (χ2v) is 6.86. The molecular weight excluding hydrogens is 277 g/mol. The molecule has 0 saturated heterocycles. The van der Waals surface area contributed by atoms with Gasteiger partial charge in [-0.2, -0.15) is 5.10 Å². The number of carbonyl (C=O) groups is 1. The molecule has 0 aliphatic heterocycles. The highest BCUT2D eigenvalue weighted by molar-refractivity contribution is 6.33. The third-order valence-corrected chi connectivity index (χ3v) is 3.71. The van der Waals surface area contributed by atoms with Gasteiger partial charge in [-0.1, -0.05) is 12.8 Å². The Morgan fingerprint density at radius 1 is 1.23 bits per heavy atom. The van der Waals surface area contributed by atoms with Crippen molar-refractivity contribution in [1.29, 1.82) is 0 Å². The van der Waals surface area contributed by atoms with Crippen LogP contribution in [-0.2, 0) is 11.3 Å². The minimum atomic E-state index is -0.429. The molecule has 1 aromatic heterocycles. The largest absolute Gasteiger partial charge is 0.444 e. The fraction of sp³-hybridized carbons (Fsp3) is 0.750. The van der Waals surface area contributed by atoms with Gasteiger partial charge in [0.1, 0.15) is 13.4 Å². The summed E-state index contributed by atoms with van der Waals surface area (Å²) in [7, 11) is 2.12. The van der Waals surface area contributed by atoms with Crippen molar-refractivity contribution in [1.82, 2.24) is 15.1 Å². The maximum Gasteiger partial charge on any atom is 0.407 e. The lowest BCUT2D eigenvalue weighted by atomic mass is 9.94. The van der Waals surface area contributed by atoms with Crippen LogP contribution in [0.3, 0.4) is 0 Å². The molecule has 1 aromatic rings. The summed E-state index contributed by atoms with van der Waals surface area (Å²) in [6.45, 7) is 11.4. The number of nitrogens with zero attached hydrogens (tertiary/aromatic N) is 2. The Labute approximate surface area is 135 Å². The molecule has 5 nitrogen and oxygen atoms in total. The van der Waals surface area contributed by atoms with Crippen molar-refractivity contribution in [3.05, 3.63) is 11.4 Å². The number of hydrogen-bond acceptors (Lipinski definition) is 3. The van der Waals surface area contributed by atoms with Crippen molar-refractivity contribution in [3.63, 3.8) is 0 Å². The number of amides is 1. The van der Waals surface area contributed by atoms with E-state index in [-0.39, 0.29) is 6.09 Å². The first kappa shape index (κ1) is 18.6. The number of rotatable bonds is 7. The first-order valence-electron chi connectivity index (χ1n) is 8.18. The summed E-state index contributed by atoms with van der Waals surface area (Å²) in [5.41, 5.74) is 3.26. The molecule has 0 aliphatic carbocycles. The third kappa shape index (κ3) is 6.54. The van der Waals surface area contributed by atoms with Gasteiger partial charge in [-0.3, -0.25) is 4.68 Å². The summed E-state index contributed by atoms with van der Waals surface area (Å²) < 4.78 is 7.29. The Morgan fingerprint density at radius 3 is 2.41 bits per heavy atom. The average Bonchev–Trinajstić information content (AvgIpc) is 2.63. The van der Waals surface area contributed by atoms with Crippen molar-refractivity contribution >= 4 is 19.4 Å². The zero-order valence-corrected chi connectivity index (χ0v) is 15.0. The molecular formula is C16H30BN3O2. The minimum Gasteiger partial charge on any atom is -0.444 e. The van der Waals surface area contributed by atoms with Crippen molar-refractivity contribution in [2.24, 2.45) is 0 Å². The maximum absolute atomic E-state index is 11.5. The normalized spacial score (nSPS) is 11.5. The molecule has 1 N–H and O–H groups in total. The molecule has 0 fully saturated rings. The molecule has 6 heteroatoms. The molecule has 1 rings (SSSR count). The van der Waals surface area contributed by atoms with Gasteiger partial charge in [0.25, 0.3) is 0 Å². The second-order valence-electron chi connectivity index (χ2n) is 6.86. The van der Waals surface area contributed by atoms with Crippen molar-refractivity contribution in [2.45, 2.75) is 72.4 Å². The fourth-order valence-corrected chi connectivity index (χ4v) is 2.25. The van der Waals surface area contributed by atoms with Gasteiger partial charge in [0.15, 0.2) is 0 Å².